The molecule has 0 aliphatic rings. The van der Waals surface area contributed by atoms with Crippen molar-refractivity contribution in [1.29, 1.82) is 0 Å². The highest BCUT2D eigenvalue weighted by atomic mass is 19.1. The van der Waals surface area contributed by atoms with Crippen LogP contribution in [0.5, 0.6) is 0 Å². The van der Waals surface area contributed by atoms with E-state index in [1.807, 2.05) is 0 Å². The topological polar surface area (TPSA) is 82.3 Å². The Kier molecular flexibility index (Phi) is 6.03. The number of hydrogen-bond acceptors (Lipinski definition) is 2. The average Bonchev–Trinajstić information content (AvgIpc) is 2.68. The first-order chi connectivity index (χ1) is 13.9. The first-order valence-corrected chi connectivity index (χ1v) is 8.68. The molecule has 0 unspecified atom stereocenters. The molecule has 3 aromatic carbocycles. The van der Waals surface area contributed by atoms with Crippen molar-refractivity contribution >= 4 is 34.8 Å². The van der Waals surface area contributed by atoms with Crippen LogP contribution in [-0.2, 0) is 0 Å². The lowest BCUT2D eigenvalue weighted by atomic mass is 10.2. The number of aryl methyl sites for hydroxylation is 1. The first-order valence-electron chi connectivity index (χ1n) is 8.68. The summed E-state index contributed by atoms with van der Waals surface area (Å²) in [5, 5.41) is 10.0. The van der Waals surface area contributed by atoms with Crippen LogP contribution in [0.15, 0.2) is 66.7 Å². The minimum absolute atomic E-state index is 0.0414. The lowest BCUT2D eigenvalue weighted by Gasteiger charge is -2.13. The van der Waals surface area contributed by atoms with Gasteiger partial charge in [0.05, 0.1) is 11.4 Å². The van der Waals surface area contributed by atoms with Gasteiger partial charge >= 0.3 is 12.1 Å². The van der Waals surface area contributed by atoms with Gasteiger partial charge in [0.25, 0.3) is 0 Å². The molecule has 0 aromatic heterocycles. The number of para-hydroxylation sites is 2. The molecule has 0 saturated carbocycles. The molecule has 6 nitrogen and oxygen atoms in total. The summed E-state index contributed by atoms with van der Waals surface area (Å²) in [5.41, 5.74) is 1.61. The zero-order chi connectivity index (χ0) is 20.8. The van der Waals surface area contributed by atoms with E-state index in [9.17, 15) is 18.4 Å². The van der Waals surface area contributed by atoms with Crippen LogP contribution in [-0.4, -0.2) is 12.1 Å². The van der Waals surface area contributed by atoms with Crippen LogP contribution in [0.3, 0.4) is 0 Å². The molecule has 0 fully saturated rings. The Labute approximate surface area is 165 Å². The van der Waals surface area contributed by atoms with Crippen molar-refractivity contribution in [3.8, 4) is 0 Å². The van der Waals surface area contributed by atoms with Crippen molar-refractivity contribution < 1.29 is 18.4 Å². The number of benzene rings is 3. The number of halogens is 2. The molecular formula is C21H18F2N4O2. The third-order valence-electron chi connectivity index (χ3n) is 3.99. The van der Waals surface area contributed by atoms with Crippen LogP contribution < -0.4 is 21.3 Å². The van der Waals surface area contributed by atoms with Crippen molar-refractivity contribution in [2.24, 2.45) is 0 Å². The van der Waals surface area contributed by atoms with Crippen LogP contribution in [0.25, 0.3) is 0 Å². The van der Waals surface area contributed by atoms with E-state index in [4.69, 9.17) is 0 Å². The maximum Gasteiger partial charge on any atom is 0.323 e. The Morgan fingerprint density at radius 2 is 1.14 bits per heavy atom. The standard InChI is InChI=1S/C21H18F2N4O2/c1-13-10-11-14(24-20(28)25-17-8-4-2-6-15(17)22)12-19(13)27-21(29)26-18-9-5-3-7-16(18)23/h2-12H,1H3,(H2,24,25,28)(H2,26,27,29). The van der Waals surface area contributed by atoms with Gasteiger partial charge in [-0.3, -0.25) is 0 Å². The summed E-state index contributed by atoms with van der Waals surface area (Å²) in [6, 6.07) is 15.2. The van der Waals surface area contributed by atoms with Gasteiger partial charge in [-0.1, -0.05) is 30.3 Å². The van der Waals surface area contributed by atoms with Crippen LogP contribution in [0.2, 0.25) is 0 Å². The van der Waals surface area contributed by atoms with Gasteiger partial charge in [-0.2, -0.15) is 0 Å². The molecule has 3 rings (SSSR count). The van der Waals surface area contributed by atoms with Gasteiger partial charge in [-0.05, 0) is 48.9 Å². The number of carbonyl (C=O) groups excluding carboxylic acids is 2. The minimum atomic E-state index is -0.638. The van der Waals surface area contributed by atoms with Gasteiger partial charge in [0.2, 0.25) is 0 Å². The molecule has 0 aliphatic heterocycles. The second-order valence-corrected chi connectivity index (χ2v) is 6.15. The number of rotatable bonds is 4. The zero-order valence-corrected chi connectivity index (χ0v) is 15.4. The van der Waals surface area contributed by atoms with Crippen LogP contribution in [0, 0.1) is 18.6 Å². The molecule has 0 bridgehead atoms. The largest absolute Gasteiger partial charge is 0.323 e. The molecule has 0 radical (unpaired) electrons. The summed E-state index contributed by atoms with van der Waals surface area (Å²) >= 11 is 0. The van der Waals surface area contributed by atoms with Gasteiger partial charge in [-0.15, -0.1) is 0 Å². The fourth-order valence-corrected chi connectivity index (χ4v) is 2.52. The van der Waals surface area contributed by atoms with Crippen molar-refractivity contribution in [1.82, 2.24) is 0 Å². The molecule has 0 atom stereocenters. The Morgan fingerprint density at radius 1 is 0.655 bits per heavy atom. The molecule has 148 valence electrons. The second-order valence-electron chi connectivity index (χ2n) is 6.15. The van der Waals surface area contributed by atoms with Crippen molar-refractivity contribution in [3.05, 3.63) is 83.9 Å². The second kappa shape index (κ2) is 8.83. The monoisotopic (exact) mass is 396 g/mol. The summed E-state index contributed by atoms with van der Waals surface area (Å²) in [4.78, 5) is 24.3. The number of anilines is 4. The normalized spacial score (nSPS) is 10.2. The highest BCUT2D eigenvalue weighted by Crippen LogP contribution is 2.22. The predicted octanol–water partition coefficient (Wildman–Crippen LogP) is 5.56. The third kappa shape index (κ3) is 5.29. The number of carbonyl (C=O) groups is 2. The number of amides is 4. The number of nitrogens with one attached hydrogen (secondary N) is 4. The molecular weight excluding hydrogens is 378 g/mol. The summed E-state index contributed by atoms with van der Waals surface area (Å²) in [6.45, 7) is 1.77. The van der Waals surface area contributed by atoms with E-state index >= 15 is 0 Å². The van der Waals surface area contributed by atoms with E-state index in [0.29, 0.717) is 11.4 Å². The quantitative estimate of drug-likeness (QED) is 0.466. The van der Waals surface area contributed by atoms with Crippen LogP contribution in [0.4, 0.5) is 41.1 Å². The minimum Gasteiger partial charge on any atom is -0.308 e. The highest BCUT2D eigenvalue weighted by Gasteiger charge is 2.10. The maximum absolute atomic E-state index is 13.7. The molecule has 0 aliphatic carbocycles. The van der Waals surface area contributed by atoms with Gasteiger partial charge in [-0.25, -0.2) is 18.4 Å². The smallest absolute Gasteiger partial charge is 0.308 e. The van der Waals surface area contributed by atoms with E-state index < -0.39 is 23.7 Å². The van der Waals surface area contributed by atoms with Crippen molar-refractivity contribution in [2.45, 2.75) is 6.92 Å². The van der Waals surface area contributed by atoms with E-state index in [-0.39, 0.29) is 11.4 Å². The van der Waals surface area contributed by atoms with Crippen molar-refractivity contribution in [3.63, 3.8) is 0 Å². The zero-order valence-electron chi connectivity index (χ0n) is 15.4. The Bertz CT molecular complexity index is 1060. The van der Waals surface area contributed by atoms with Crippen molar-refractivity contribution in [2.75, 3.05) is 21.3 Å². The fourth-order valence-electron chi connectivity index (χ4n) is 2.52. The molecule has 0 spiro atoms. The molecule has 0 heterocycles. The van der Waals surface area contributed by atoms with Gasteiger partial charge in [0, 0.05) is 11.4 Å². The van der Waals surface area contributed by atoms with E-state index in [2.05, 4.69) is 21.3 Å². The molecule has 4 amide bonds. The molecule has 8 heteroatoms. The molecule has 4 N–H and O–H groups in total. The van der Waals surface area contributed by atoms with Crippen LogP contribution in [0.1, 0.15) is 5.56 Å². The van der Waals surface area contributed by atoms with Gasteiger partial charge in [0.1, 0.15) is 11.6 Å². The Morgan fingerprint density at radius 3 is 1.69 bits per heavy atom. The fraction of sp³-hybridized carbons (Fsp3) is 0.0476. The summed E-state index contributed by atoms with van der Waals surface area (Å²) in [6.07, 6.45) is 0. The van der Waals surface area contributed by atoms with Gasteiger partial charge < -0.3 is 21.3 Å². The molecule has 0 saturated heterocycles. The molecule has 29 heavy (non-hydrogen) atoms. The van der Waals surface area contributed by atoms with E-state index in [0.717, 1.165) is 5.56 Å². The number of hydrogen-bond donors (Lipinski definition) is 4. The highest BCUT2D eigenvalue weighted by molar-refractivity contribution is 6.02. The predicted molar refractivity (Wildman–Crippen MR) is 109 cm³/mol. The maximum atomic E-state index is 13.7. The summed E-state index contributed by atoms with van der Waals surface area (Å²) < 4.78 is 27.3. The SMILES string of the molecule is Cc1ccc(NC(=O)Nc2ccccc2F)cc1NC(=O)Nc1ccccc1F. The third-order valence-corrected chi connectivity index (χ3v) is 3.99. The van der Waals surface area contributed by atoms with E-state index in [1.54, 1.807) is 31.2 Å². The molecule has 3 aromatic rings. The summed E-state index contributed by atoms with van der Waals surface area (Å²) in [5.74, 6) is -1.11. The number of urea groups is 2. The van der Waals surface area contributed by atoms with E-state index in [1.165, 1.54) is 42.5 Å². The summed E-state index contributed by atoms with van der Waals surface area (Å²) in [7, 11) is 0. The lowest BCUT2D eigenvalue weighted by Crippen LogP contribution is -2.22. The van der Waals surface area contributed by atoms with Crippen LogP contribution >= 0.6 is 0 Å². The van der Waals surface area contributed by atoms with Gasteiger partial charge in [0.15, 0.2) is 0 Å². The Hall–Kier alpha value is -3.94. The average molecular weight is 396 g/mol. The first kappa shape index (κ1) is 19.8. The Balaban J connectivity index is 1.66. The lowest BCUT2D eigenvalue weighted by molar-refractivity contribution is 0.261.